The van der Waals surface area contributed by atoms with Crippen molar-refractivity contribution in [1.82, 2.24) is 9.97 Å². The summed E-state index contributed by atoms with van der Waals surface area (Å²) in [5, 5.41) is 0.666. The van der Waals surface area contributed by atoms with Gasteiger partial charge in [0.2, 0.25) is 11.8 Å². The van der Waals surface area contributed by atoms with E-state index in [1.165, 1.54) is 11.8 Å². The number of aromatic nitrogens is 2. The summed E-state index contributed by atoms with van der Waals surface area (Å²) in [4.78, 5) is 8.35. The third-order valence-corrected chi connectivity index (χ3v) is 1.97. The lowest BCUT2D eigenvalue weighted by molar-refractivity contribution is 0.300. The van der Waals surface area contributed by atoms with E-state index in [0.29, 0.717) is 30.1 Å². The van der Waals surface area contributed by atoms with Crippen molar-refractivity contribution in [1.29, 1.82) is 0 Å². The fraction of sp³-hybridized carbons (Fsp3) is 0.556. The van der Waals surface area contributed by atoms with Gasteiger partial charge in [-0.25, -0.2) is 0 Å². The van der Waals surface area contributed by atoms with Gasteiger partial charge in [-0.3, -0.25) is 0 Å². The molecule has 1 aromatic heterocycles. The van der Waals surface area contributed by atoms with Crippen molar-refractivity contribution in [2.75, 3.05) is 19.5 Å². The molecular formula is C9H14N2O2S. The predicted octanol–water partition coefficient (Wildman–Crippen LogP) is 2.00. The summed E-state index contributed by atoms with van der Waals surface area (Å²) in [6.45, 7) is 5.02. The van der Waals surface area contributed by atoms with Crippen LogP contribution < -0.4 is 9.47 Å². The average Bonchev–Trinajstić information content (AvgIpc) is 2.18. The molecule has 0 saturated carbocycles. The Balaban J connectivity index is 2.88. The SMILES string of the molecule is CCOc1cc(OCC)nc(SC)n1. The monoisotopic (exact) mass is 214 g/mol. The maximum Gasteiger partial charge on any atom is 0.221 e. The van der Waals surface area contributed by atoms with Gasteiger partial charge in [0.25, 0.3) is 0 Å². The van der Waals surface area contributed by atoms with Gasteiger partial charge in [-0.05, 0) is 20.1 Å². The molecule has 1 heterocycles. The Kier molecular flexibility index (Phi) is 4.52. The fourth-order valence-corrected chi connectivity index (χ4v) is 1.28. The molecule has 5 heteroatoms. The molecule has 0 radical (unpaired) electrons. The smallest absolute Gasteiger partial charge is 0.221 e. The molecule has 1 aromatic rings. The molecule has 0 aliphatic heterocycles. The minimum absolute atomic E-state index is 0.565. The highest BCUT2D eigenvalue weighted by atomic mass is 32.2. The molecule has 78 valence electrons. The van der Waals surface area contributed by atoms with Crippen LogP contribution >= 0.6 is 11.8 Å². The van der Waals surface area contributed by atoms with Crippen LogP contribution in [-0.2, 0) is 0 Å². The topological polar surface area (TPSA) is 44.2 Å². The molecule has 14 heavy (non-hydrogen) atoms. The summed E-state index contributed by atoms with van der Waals surface area (Å²) in [6.07, 6.45) is 1.92. The number of hydrogen-bond acceptors (Lipinski definition) is 5. The number of ether oxygens (including phenoxy) is 2. The van der Waals surface area contributed by atoms with Gasteiger partial charge < -0.3 is 9.47 Å². The molecule has 0 bridgehead atoms. The summed E-state index contributed by atoms with van der Waals surface area (Å²) in [6, 6.07) is 1.70. The third kappa shape index (κ3) is 3.06. The maximum atomic E-state index is 5.29. The van der Waals surface area contributed by atoms with Gasteiger partial charge in [0.15, 0.2) is 5.16 Å². The first-order chi connectivity index (χ1) is 6.80. The van der Waals surface area contributed by atoms with Crippen LogP contribution in [0.4, 0.5) is 0 Å². The van der Waals surface area contributed by atoms with Gasteiger partial charge in [0.05, 0.1) is 19.3 Å². The molecule has 4 nitrogen and oxygen atoms in total. The lowest BCUT2D eigenvalue weighted by Gasteiger charge is -2.06. The van der Waals surface area contributed by atoms with E-state index in [1.807, 2.05) is 20.1 Å². The van der Waals surface area contributed by atoms with E-state index >= 15 is 0 Å². The zero-order valence-electron chi connectivity index (χ0n) is 8.61. The van der Waals surface area contributed by atoms with Crippen LogP contribution in [0.3, 0.4) is 0 Å². The van der Waals surface area contributed by atoms with E-state index < -0.39 is 0 Å². The molecule has 0 fully saturated rings. The van der Waals surface area contributed by atoms with Crippen molar-refractivity contribution in [2.45, 2.75) is 19.0 Å². The number of hydrogen-bond donors (Lipinski definition) is 0. The van der Waals surface area contributed by atoms with Crippen molar-refractivity contribution in [3.8, 4) is 11.8 Å². The first kappa shape index (κ1) is 11.1. The van der Waals surface area contributed by atoms with Crippen LogP contribution in [0, 0.1) is 0 Å². The number of rotatable bonds is 5. The molecular weight excluding hydrogens is 200 g/mol. The van der Waals surface area contributed by atoms with Crippen molar-refractivity contribution >= 4 is 11.8 Å². The van der Waals surface area contributed by atoms with Crippen molar-refractivity contribution in [3.05, 3.63) is 6.07 Å². The van der Waals surface area contributed by atoms with Gasteiger partial charge in [-0.2, -0.15) is 9.97 Å². The third-order valence-electron chi connectivity index (χ3n) is 1.43. The fourth-order valence-electron chi connectivity index (χ4n) is 0.919. The largest absolute Gasteiger partial charge is 0.478 e. The van der Waals surface area contributed by atoms with Gasteiger partial charge in [-0.1, -0.05) is 11.8 Å². The van der Waals surface area contributed by atoms with Gasteiger partial charge >= 0.3 is 0 Å². The van der Waals surface area contributed by atoms with Gasteiger partial charge in [-0.15, -0.1) is 0 Å². The van der Waals surface area contributed by atoms with Crippen LogP contribution in [0.1, 0.15) is 13.8 Å². The van der Waals surface area contributed by atoms with E-state index in [4.69, 9.17) is 9.47 Å². The minimum Gasteiger partial charge on any atom is -0.478 e. The Morgan fingerprint density at radius 2 is 1.64 bits per heavy atom. The quantitative estimate of drug-likeness (QED) is 0.554. The molecule has 0 amide bonds. The second kappa shape index (κ2) is 5.70. The standard InChI is InChI=1S/C9H14N2O2S/c1-4-12-7-6-8(13-5-2)11-9(10-7)14-3/h6H,4-5H2,1-3H3. The van der Waals surface area contributed by atoms with E-state index in [-0.39, 0.29) is 0 Å². The van der Waals surface area contributed by atoms with Crippen molar-refractivity contribution < 1.29 is 9.47 Å². The molecule has 0 saturated heterocycles. The van der Waals surface area contributed by atoms with E-state index in [9.17, 15) is 0 Å². The Morgan fingerprint density at radius 1 is 1.14 bits per heavy atom. The highest BCUT2D eigenvalue weighted by Gasteiger charge is 2.04. The summed E-state index contributed by atoms with van der Waals surface area (Å²) < 4.78 is 10.6. The van der Waals surface area contributed by atoms with Crippen LogP contribution in [0.15, 0.2) is 11.2 Å². The Bertz CT molecular complexity index is 270. The molecule has 0 aliphatic rings. The molecule has 1 rings (SSSR count). The number of thioether (sulfide) groups is 1. The van der Waals surface area contributed by atoms with Crippen LogP contribution in [-0.4, -0.2) is 29.4 Å². The second-order valence-corrected chi connectivity index (χ2v) is 3.17. The lowest BCUT2D eigenvalue weighted by Crippen LogP contribution is -2.00. The summed E-state index contributed by atoms with van der Waals surface area (Å²) in [5.41, 5.74) is 0. The number of nitrogens with zero attached hydrogens (tertiary/aromatic N) is 2. The minimum atomic E-state index is 0.565. The molecule has 0 aliphatic carbocycles. The summed E-state index contributed by atoms with van der Waals surface area (Å²) in [7, 11) is 0. The summed E-state index contributed by atoms with van der Waals surface area (Å²) in [5.74, 6) is 1.13. The lowest BCUT2D eigenvalue weighted by atomic mass is 10.6. The molecule has 0 unspecified atom stereocenters. The zero-order valence-corrected chi connectivity index (χ0v) is 9.43. The van der Waals surface area contributed by atoms with E-state index in [0.717, 1.165) is 0 Å². The van der Waals surface area contributed by atoms with Crippen LogP contribution in [0.5, 0.6) is 11.8 Å². The second-order valence-electron chi connectivity index (χ2n) is 2.40. The molecule has 0 aromatic carbocycles. The van der Waals surface area contributed by atoms with E-state index in [2.05, 4.69) is 9.97 Å². The Labute approximate surface area is 88.0 Å². The Hall–Kier alpha value is -0.970. The van der Waals surface area contributed by atoms with Crippen LogP contribution in [0.25, 0.3) is 0 Å². The highest BCUT2D eigenvalue weighted by molar-refractivity contribution is 7.98. The van der Waals surface area contributed by atoms with Crippen molar-refractivity contribution in [2.24, 2.45) is 0 Å². The van der Waals surface area contributed by atoms with Gasteiger partial charge in [0.1, 0.15) is 0 Å². The van der Waals surface area contributed by atoms with E-state index in [1.54, 1.807) is 6.07 Å². The first-order valence-electron chi connectivity index (χ1n) is 4.48. The normalized spacial score (nSPS) is 9.93. The molecule has 0 N–H and O–H groups in total. The van der Waals surface area contributed by atoms with Gasteiger partial charge in [0, 0.05) is 0 Å². The molecule has 0 atom stereocenters. The Morgan fingerprint density at radius 3 is 2.00 bits per heavy atom. The maximum absolute atomic E-state index is 5.29. The molecule has 0 spiro atoms. The van der Waals surface area contributed by atoms with Crippen LogP contribution in [0.2, 0.25) is 0 Å². The van der Waals surface area contributed by atoms with Crippen molar-refractivity contribution in [3.63, 3.8) is 0 Å². The summed E-state index contributed by atoms with van der Waals surface area (Å²) >= 11 is 1.47. The predicted molar refractivity (Wildman–Crippen MR) is 56.2 cm³/mol. The first-order valence-corrected chi connectivity index (χ1v) is 5.71. The average molecular weight is 214 g/mol. The highest BCUT2D eigenvalue weighted by Crippen LogP contribution is 2.20. The zero-order chi connectivity index (χ0) is 10.4.